The molecule has 0 radical (unpaired) electrons. The van der Waals surface area contributed by atoms with Crippen molar-refractivity contribution in [1.29, 1.82) is 0 Å². The van der Waals surface area contributed by atoms with E-state index in [0.717, 1.165) is 57.4 Å². The molecule has 0 atom stereocenters. The summed E-state index contributed by atoms with van der Waals surface area (Å²) in [6.45, 7) is 6.60. The Labute approximate surface area is 163 Å². The number of piperidine rings is 1. The minimum absolute atomic E-state index is 0.0653. The average Bonchev–Trinajstić information content (AvgIpc) is 2.97. The molecule has 0 bridgehead atoms. The Kier molecular flexibility index (Phi) is 7.27. The number of amides is 2. The predicted molar refractivity (Wildman–Crippen MR) is 107 cm³/mol. The molecule has 0 aromatic heterocycles. The fraction of sp³-hybridized carbons (Fsp3) is 0.636. The molecule has 2 fully saturated rings. The number of hydrogen-bond donors (Lipinski definition) is 1. The largest absolute Gasteiger partial charge is 0.351 e. The van der Waals surface area contributed by atoms with Gasteiger partial charge in [0.25, 0.3) is 0 Å². The van der Waals surface area contributed by atoms with Gasteiger partial charge in [0, 0.05) is 25.6 Å². The van der Waals surface area contributed by atoms with Crippen LogP contribution in [0.2, 0.25) is 0 Å². The molecule has 5 heteroatoms. The Bertz CT molecular complexity index is 630. The summed E-state index contributed by atoms with van der Waals surface area (Å²) in [7, 11) is 0. The third-order valence-electron chi connectivity index (χ3n) is 5.96. The standard InChI is InChI=1S/C22H33N3O2/c1-18-8-4-5-9-20(18)16-23-21(26)17-24-14-10-19(11-15-24)22(27)25-12-6-2-3-7-13-25/h4-5,8-9,19H,2-3,6-7,10-17H2,1H3,(H,23,26). The van der Waals surface area contributed by atoms with Crippen molar-refractivity contribution in [3.8, 4) is 0 Å². The quantitative estimate of drug-likeness (QED) is 0.866. The highest BCUT2D eigenvalue weighted by molar-refractivity contribution is 5.79. The number of carbonyl (C=O) groups excluding carboxylic acids is 2. The van der Waals surface area contributed by atoms with Gasteiger partial charge in [-0.25, -0.2) is 0 Å². The SMILES string of the molecule is Cc1ccccc1CNC(=O)CN1CCC(C(=O)N2CCCCCC2)CC1. The van der Waals surface area contributed by atoms with Gasteiger partial charge in [0.1, 0.15) is 0 Å². The maximum Gasteiger partial charge on any atom is 0.234 e. The molecule has 2 heterocycles. The number of benzene rings is 1. The molecule has 148 valence electrons. The van der Waals surface area contributed by atoms with Gasteiger partial charge < -0.3 is 10.2 Å². The Morgan fingerprint density at radius 2 is 1.67 bits per heavy atom. The van der Waals surface area contributed by atoms with Crippen LogP contribution >= 0.6 is 0 Å². The van der Waals surface area contributed by atoms with Gasteiger partial charge in [-0.2, -0.15) is 0 Å². The van der Waals surface area contributed by atoms with Gasteiger partial charge in [0.15, 0.2) is 0 Å². The summed E-state index contributed by atoms with van der Waals surface area (Å²) in [5, 5.41) is 3.02. The van der Waals surface area contributed by atoms with E-state index in [4.69, 9.17) is 0 Å². The lowest BCUT2D eigenvalue weighted by Crippen LogP contribution is -2.45. The van der Waals surface area contributed by atoms with Crippen LogP contribution in [-0.2, 0) is 16.1 Å². The Hall–Kier alpha value is -1.88. The van der Waals surface area contributed by atoms with Crippen molar-refractivity contribution in [3.63, 3.8) is 0 Å². The molecule has 0 unspecified atom stereocenters. The van der Waals surface area contributed by atoms with E-state index in [1.807, 2.05) is 12.1 Å². The van der Waals surface area contributed by atoms with Gasteiger partial charge in [-0.3, -0.25) is 14.5 Å². The summed E-state index contributed by atoms with van der Waals surface area (Å²) in [5.41, 5.74) is 2.36. The molecular formula is C22H33N3O2. The maximum absolute atomic E-state index is 12.8. The van der Waals surface area contributed by atoms with Crippen LogP contribution < -0.4 is 5.32 Å². The van der Waals surface area contributed by atoms with Gasteiger partial charge in [-0.1, -0.05) is 37.1 Å². The summed E-state index contributed by atoms with van der Waals surface area (Å²) in [5.74, 6) is 0.561. The molecule has 3 rings (SSSR count). The number of hydrogen-bond acceptors (Lipinski definition) is 3. The summed E-state index contributed by atoms with van der Waals surface area (Å²) in [6.07, 6.45) is 6.54. The molecule has 1 aromatic carbocycles. The van der Waals surface area contributed by atoms with Gasteiger partial charge in [-0.15, -0.1) is 0 Å². The first-order chi connectivity index (χ1) is 13.1. The van der Waals surface area contributed by atoms with E-state index in [9.17, 15) is 9.59 Å². The Morgan fingerprint density at radius 3 is 2.33 bits per heavy atom. The number of nitrogens with one attached hydrogen (secondary N) is 1. The average molecular weight is 372 g/mol. The highest BCUT2D eigenvalue weighted by Gasteiger charge is 2.29. The van der Waals surface area contributed by atoms with Crippen LogP contribution in [0.5, 0.6) is 0 Å². The zero-order chi connectivity index (χ0) is 19.1. The summed E-state index contributed by atoms with van der Waals surface area (Å²) in [4.78, 5) is 29.3. The molecule has 0 aliphatic carbocycles. The second kappa shape index (κ2) is 9.88. The second-order valence-electron chi connectivity index (χ2n) is 7.99. The van der Waals surface area contributed by atoms with E-state index in [2.05, 4.69) is 34.2 Å². The van der Waals surface area contributed by atoms with Gasteiger partial charge >= 0.3 is 0 Å². The Morgan fingerprint density at radius 1 is 1.00 bits per heavy atom. The molecule has 2 amide bonds. The summed E-state index contributed by atoms with van der Waals surface area (Å²) < 4.78 is 0. The zero-order valence-electron chi connectivity index (χ0n) is 16.6. The second-order valence-corrected chi connectivity index (χ2v) is 7.99. The van der Waals surface area contributed by atoms with Crippen LogP contribution in [0.3, 0.4) is 0 Å². The van der Waals surface area contributed by atoms with Crippen molar-refractivity contribution >= 4 is 11.8 Å². The summed E-state index contributed by atoms with van der Waals surface area (Å²) in [6, 6.07) is 8.13. The summed E-state index contributed by atoms with van der Waals surface area (Å²) >= 11 is 0. The molecule has 2 aliphatic rings. The van der Waals surface area contributed by atoms with Gasteiger partial charge in [-0.05, 0) is 56.8 Å². The number of likely N-dealkylation sites (tertiary alicyclic amines) is 2. The van der Waals surface area contributed by atoms with Crippen molar-refractivity contribution < 1.29 is 9.59 Å². The molecule has 2 aliphatic heterocycles. The molecule has 27 heavy (non-hydrogen) atoms. The topological polar surface area (TPSA) is 52.7 Å². The molecule has 0 spiro atoms. The monoisotopic (exact) mass is 371 g/mol. The van der Waals surface area contributed by atoms with Crippen LogP contribution in [0.15, 0.2) is 24.3 Å². The number of nitrogens with zero attached hydrogens (tertiary/aromatic N) is 2. The fourth-order valence-corrected chi connectivity index (χ4v) is 4.15. The highest BCUT2D eigenvalue weighted by atomic mass is 16.2. The van der Waals surface area contributed by atoms with Crippen molar-refractivity contribution in [2.24, 2.45) is 5.92 Å². The third-order valence-corrected chi connectivity index (χ3v) is 5.96. The van der Waals surface area contributed by atoms with Crippen molar-refractivity contribution in [2.45, 2.75) is 52.0 Å². The lowest BCUT2D eigenvalue weighted by molar-refractivity contribution is -0.137. The smallest absolute Gasteiger partial charge is 0.234 e. The van der Waals surface area contributed by atoms with E-state index in [1.165, 1.54) is 18.4 Å². The van der Waals surface area contributed by atoms with Crippen LogP contribution in [-0.4, -0.2) is 54.3 Å². The van der Waals surface area contributed by atoms with Crippen molar-refractivity contribution in [3.05, 3.63) is 35.4 Å². The third kappa shape index (κ3) is 5.80. The van der Waals surface area contributed by atoms with E-state index in [0.29, 0.717) is 19.0 Å². The number of rotatable bonds is 5. The molecular weight excluding hydrogens is 338 g/mol. The zero-order valence-corrected chi connectivity index (χ0v) is 16.6. The fourth-order valence-electron chi connectivity index (χ4n) is 4.15. The first-order valence-corrected chi connectivity index (χ1v) is 10.5. The van der Waals surface area contributed by atoms with Gasteiger partial charge in [0.05, 0.1) is 6.54 Å². The lowest BCUT2D eigenvalue weighted by Gasteiger charge is -2.33. The minimum atomic E-state index is 0.0653. The first kappa shape index (κ1) is 19.9. The van der Waals surface area contributed by atoms with Crippen LogP contribution in [0.25, 0.3) is 0 Å². The molecule has 1 aromatic rings. The molecule has 1 N–H and O–H groups in total. The predicted octanol–water partition coefficient (Wildman–Crippen LogP) is 2.73. The molecule has 2 saturated heterocycles. The van der Waals surface area contributed by atoms with E-state index < -0.39 is 0 Å². The van der Waals surface area contributed by atoms with Crippen LogP contribution in [0.1, 0.15) is 49.7 Å². The maximum atomic E-state index is 12.8. The van der Waals surface area contributed by atoms with Crippen LogP contribution in [0.4, 0.5) is 0 Å². The first-order valence-electron chi connectivity index (χ1n) is 10.5. The molecule has 5 nitrogen and oxygen atoms in total. The van der Waals surface area contributed by atoms with Crippen LogP contribution in [0, 0.1) is 12.8 Å². The minimum Gasteiger partial charge on any atom is -0.351 e. The van der Waals surface area contributed by atoms with Gasteiger partial charge in [0.2, 0.25) is 11.8 Å². The molecule has 0 saturated carbocycles. The number of aryl methyl sites for hydroxylation is 1. The van der Waals surface area contributed by atoms with Crippen molar-refractivity contribution in [1.82, 2.24) is 15.1 Å². The number of carbonyl (C=O) groups is 2. The van der Waals surface area contributed by atoms with E-state index in [-0.39, 0.29) is 11.8 Å². The highest BCUT2D eigenvalue weighted by Crippen LogP contribution is 2.21. The van der Waals surface area contributed by atoms with Crippen molar-refractivity contribution in [2.75, 3.05) is 32.7 Å². The van der Waals surface area contributed by atoms with E-state index in [1.54, 1.807) is 0 Å². The lowest BCUT2D eigenvalue weighted by atomic mass is 9.95. The van der Waals surface area contributed by atoms with E-state index >= 15 is 0 Å². The normalized spacial score (nSPS) is 19.5. The Balaban J connectivity index is 1.39.